The van der Waals surface area contributed by atoms with Gasteiger partial charge in [-0.2, -0.15) is 0 Å². The Morgan fingerprint density at radius 3 is 3.12 bits per heavy atom. The molecule has 0 aromatic carbocycles. The van der Waals surface area contributed by atoms with Crippen molar-refractivity contribution in [1.29, 1.82) is 0 Å². The number of nitrogens with zero attached hydrogens (tertiary/aromatic N) is 1. The molecule has 0 atom stereocenters. The summed E-state index contributed by atoms with van der Waals surface area (Å²) in [5, 5.41) is 2.89. The van der Waals surface area contributed by atoms with Crippen molar-refractivity contribution >= 4 is 23.2 Å². The van der Waals surface area contributed by atoms with Gasteiger partial charge in [0.2, 0.25) is 0 Å². The van der Waals surface area contributed by atoms with Crippen LogP contribution in [0.4, 0.5) is 5.69 Å². The minimum absolute atomic E-state index is 0.224. The Balaban J connectivity index is 2.07. The molecular formula is C11H10ClN3O2. The van der Waals surface area contributed by atoms with E-state index in [1.165, 1.54) is 12.3 Å². The number of pyridine rings is 1. The van der Waals surface area contributed by atoms with Gasteiger partial charge in [0.25, 0.3) is 5.91 Å². The molecule has 0 spiro atoms. The second kappa shape index (κ2) is 4.88. The van der Waals surface area contributed by atoms with E-state index < -0.39 is 0 Å². The number of hydrogen-bond acceptors (Lipinski definition) is 4. The summed E-state index contributed by atoms with van der Waals surface area (Å²) in [6.45, 7) is 0.297. The van der Waals surface area contributed by atoms with Crippen LogP contribution in [0, 0.1) is 0 Å². The van der Waals surface area contributed by atoms with Gasteiger partial charge >= 0.3 is 0 Å². The second-order valence-corrected chi connectivity index (χ2v) is 3.74. The molecule has 3 N–H and O–H groups in total. The van der Waals surface area contributed by atoms with Crippen molar-refractivity contribution in [3.63, 3.8) is 0 Å². The number of carbonyl (C=O) groups is 1. The van der Waals surface area contributed by atoms with Crippen molar-refractivity contribution in [3.05, 3.63) is 47.1 Å². The topological polar surface area (TPSA) is 81.1 Å². The number of anilines is 1. The van der Waals surface area contributed by atoms with E-state index in [-0.39, 0.29) is 16.7 Å². The minimum Gasteiger partial charge on any atom is -0.467 e. The van der Waals surface area contributed by atoms with Crippen molar-refractivity contribution in [2.45, 2.75) is 6.54 Å². The SMILES string of the molecule is Nc1cnc(Cl)cc1C(=O)NCc1ccco1. The van der Waals surface area contributed by atoms with Crippen LogP contribution in [0.15, 0.2) is 35.1 Å². The molecule has 0 radical (unpaired) electrons. The molecule has 17 heavy (non-hydrogen) atoms. The summed E-state index contributed by atoms with van der Waals surface area (Å²) in [5.74, 6) is 0.347. The first kappa shape index (κ1) is 11.5. The molecule has 2 rings (SSSR count). The van der Waals surface area contributed by atoms with E-state index in [1.807, 2.05) is 0 Å². The average Bonchev–Trinajstić information content (AvgIpc) is 2.82. The highest BCUT2D eigenvalue weighted by Gasteiger charge is 2.11. The number of halogens is 1. The van der Waals surface area contributed by atoms with Crippen LogP contribution in [-0.4, -0.2) is 10.9 Å². The number of carbonyl (C=O) groups excluding carboxylic acids is 1. The van der Waals surface area contributed by atoms with Gasteiger partial charge < -0.3 is 15.5 Å². The predicted octanol–water partition coefficient (Wildman–Crippen LogP) is 1.84. The fraction of sp³-hybridized carbons (Fsp3) is 0.0909. The number of nitrogens with two attached hydrogens (primary N) is 1. The number of nitrogens with one attached hydrogen (secondary N) is 1. The molecule has 0 aliphatic carbocycles. The molecule has 2 aromatic heterocycles. The smallest absolute Gasteiger partial charge is 0.253 e. The van der Waals surface area contributed by atoms with E-state index in [4.69, 9.17) is 21.8 Å². The van der Waals surface area contributed by atoms with Crippen LogP contribution in [0.2, 0.25) is 5.15 Å². The van der Waals surface area contributed by atoms with Crippen LogP contribution in [-0.2, 0) is 6.54 Å². The Bertz CT molecular complexity index is 526. The van der Waals surface area contributed by atoms with Gasteiger partial charge in [0.05, 0.1) is 30.3 Å². The highest BCUT2D eigenvalue weighted by molar-refractivity contribution is 6.29. The maximum atomic E-state index is 11.8. The summed E-state index contributed by atoms with van der Waals surface area (Å²) in [6, 6.07) is 4.94. The molecule has 88 valence electrons. The summed E-state index contributed by atoms with van der Waals surface area (Å²) in [5.41, 5.74) is 6.22. The Morgan fingerprint density at radius 2 is 2.41 bits per heavy atom. The number of furan rings is 1. The average molecular weight is 252 g/mol. The monoisotopic (exact) mass is 251 g/mol. The zero-order valence-corrected chi connectivity index (χ0v) is 9.57. The lowest BCUT2D eigenvalue weighted by molar-refractivity contribution is 0.0949. The van der Waals surface area contributed by atoms with Gasteiger partial charge in [-0.25, -0.2) is 4.98 Å². The van der Waals surface area contributed by atoms with Crippen molar-refractivity contribution in [2.75, 3.05) is 5.73 Å². The largest absolute Gasteiger partial charge is 0.467 e. The molecule has 1 amide bonds. The fourth-order valence-corrected chi connectivity index (χ4v) is 1.47. The van der Waals surface area contributed by atoms with E-state index in [1.54, 1.807) is 18.4 Å². The molecule has 0 bridgehead atoms. The highest BCUT2D eigenvalue weighted by atomic mass is 35.5. The lowest BCUT2D eigenvalue weighted by Gasteiger charge is -2.06. The normalized spacial score (nSPS) is 10.2. The van der Waals surface area contributed by atoms with Gasteiger partial charge in [-0.15, -0.1) is 0 Å². The first-order valence-electron chi connectivity index (χ1n) is 4.88. The van der Waals surface area contributed by atoms with Crippen molar-refractivity contribution < 1.29 is 9.21 Å². The second-order valence-electron chi connectivity index (χ2n) is 3.36. The fourth-order valence-electron chi connectivity index (χ4n) is 1.31. The predicted molar refractivity (Wildman–Crippen MR) is 63.5 cm³/mol. The lowest BCUT2D eigenvalue weighted by Crippen LogP contribution is -2.23. The van der Waals surface area contributed by atoms with E-state index >= 15 is 0 Å². The first-order valence-corrected chi connectivity index (χ1v) is 5.26. The van der Waals surface area contributed by atoms with Crippen LogP contribution in [0.3, 0.4) is 0 Å². The van der Waals surface area contributed by atoms with Crippen LogP contribution in [0.5, 0.6) is 0 Å². The van der Waals surface area contributed by atoms with Gasteiger partial charge in [0.1, 0.15) is 10.9 Å². The Kier molecular flexibility index (Phi) is 3.30. The minimum atomic E-state index is -0.316. The third kappa shape index (κ3) is 2.76. The molecular weight excluding hydrogens is 242 g/mol. The molecule has 2 aromatic rings. The number of amides is 1. The molecule has 0 aliphatic rings. The molecule has 2 heterocycles. The van der Waals surface area contributed by atoms with Crippen LogP contribution in [0.1, 0.15) is 16.1 Å². The van der Waals surface area contributed by atoms with Crippen molar-refractivity contribution in [3.8, 4) is 0 Å². The highest BCUT2D eigenvalue weighted by Crippen LogP contribution is 2.14. The third-order valence-corrected chi connectivity index (χ3v) is 2.36. The van der Waals surface area contributed by atoms with E-state index in [2.05, 4.69) is 10.3 Å². The van der Waals surface area contributed by atoms with E-state index in [0.29, 0.717) is 17.9 Å². The summed E-state index contributed by atoms with van der Waals surface area (Å²) in [6.07, 6.45) is 2.89. The molecule has 0 aliphatic heterocycles. The maximum Gasteiger partial charge on any atom is 0.253 e. The molecule has 0 saturated carbocycles. The van der Waals surface area contributed by atoms with Crippen LogP contribution >= 0.6 is 11.6 Å². The van der Waals surface area contributed by atoms with E-state index in [0.717, 1.165) is 0 Å². The van der Waals surface area contributed by atoms with Gasteiger partial charge in [0.15, 0.2) is 0 Å². The number of aromatic nitrogens is 1. The number of nitrogen functional groups attached to an aromatic ring is 1. The first-order chi connectivity index (χ1) is 8.16. The molecule has 6 heteroatoms. The molecule has 0 fully saturated rings. The third-order valence-electron chi connectivity index (χ3n) is 2.15. The molecule has 0 unspecified atom stereocenters. The Hall–Kier alpha value is -2.01. The van der Waals surface area contributed by atoms with Gasteiger partial charge in [-0.1, -0.05) is 11.6 Å². The zero-order valence-electron chi connectivity index (χ0n) is 8.81. The quantitative estimate of drug-likeness (QED) is 0.816. The molecule has 0 saturated heterocycles. The summed E-state index contributed by atoms with van der Waals surface area (Å²) >= 11 is 5.70. The number of hydrogen-bond donors (Lipinski definition) is 2. The maximum absolute atomic E-state index is 11.8. The zero-order chi connectivity index (χ0) is 12.3. The lowest BCUT2D eigenvalue weighted by atomic mass is 10.2. The van der Waals surface area contributed by atoms with Gasteiger partial charge in [0, 0.05) is 0 Å². The van der Waals surface area contributed by atoms with Crippen molar-refractivity contribution in [1.82, 2.24) is 10.3 Å². The Morgan fingerprint density at radius 1 is 1.59 bits per heavy atom. The molecule has 5 nitrogen and oxygen atoms in total. The van der Waals surface area contributed by atoms with Gasteiger partial charge in [-0.05, 0) is 18.2 Å². The van der Waals surface area contributed by atoms with Crippen LogP contribution < -0.4 is 11.1 Å². The van der Waals surface area contributed by atoms with Crippen LogP contribution in [0.25, 0.3) is 0 Å². The van der Waals surface area contributed by atoms with E-state index in [9.17, 15) is 4.79 Å². The van der Waals surface area contributed by atoms with Crippen molar-refractivity contribution in [2.24, 2.45) is 0 Å². The van der Waals surface area contributed by atoms with Gasteiger partial charge in [-0.3, -0.25) is 4.79 Å². The summed E-state index contributed by atoms with van der Waals surface area (Å²) in [7, 11) is 0. The summed E-state index contributed by atoms with van der Waals surface area (Å²) < 4.78 is 5.09. The standard InChI is InChI=1S/C11H10ClN3O2/c12-10-4-8(9(13)6-14-10)11(16)15-5-7-2-1-3-17-7/h1-4,6H,5,13H2,(H,15,16). The Labute approximate surface area is 103 Å². The summed E-state index contributed by atoms with van der Waals surface area (Å²) in [4.78, 5) is 15.6. The number of rotatable bonds is 3.